The van der Waals surface area contributed by atoms with Gasteiger partial charge >= 0.3 is 23.9 Å². The summed E-state index contributed by atoms with van der Waals surface area (Å²) in [6.45, 7) is -0.466. The third-order valence-electron chi connectivity index (χ3n) is 8.71. The zero-order valence-electron chi connectivity index (χ0n) is 27.7. The molecule has 6 rings (SSSR count). The van der Waals surface area contributed by atoms with Crippen LogP contribution in [-0.4, -0.2) is 78.5 Å². The van der Waals surface area contributed by atoms with E-state index in [4.69, 9.17) is 28.4 Å². The van der Waals surface area contributed by atoms with Crippen LogP contribution >= 0.6 is 0 Å². The fourth-order valence-corrected chi connectivity index (χ4v) is 6.05. The van der Waals surface area contributed by atoms with Gasteiger partial charge in [-0.15, -0.1) is 0 Å². The number of aliphatic hydroxyl groups excluding tert-OH is 1. The number of hydrogen-bond donors (Lipinski definition) is 1. The van der Waals surface area contributed by atoms with Crippen molar-refractivity contribution >= 4 is 23.9 Å². The van der Waals surface area contributed by atoms with Gasteiger partial charge in [-0.2, -0.15) is 0 Å². The van der Waals surface area contributed by atoms with Crippen LogP contribution in [0.4, 0.5) is 0 Å². The van der Waals surface area contributed by atoms with E-state index < -0.39 is 73.4 Å². The minimum Gasteiger partial charge on any atom is -0.459 e. The molecule has 264 valence electrons. The molecule has 0 radical (unpaired) electrons. The van der Waals surface area contributed by atoms with Crippen LogP contribution in [0.1, 0.15) is 67.1 Å². The average molecular weight is 695 g/mol. The number of carbonyl (C=O) groups excluding carboxylic acids is 4. The molecule has 0 spiro atoms. The second kappa shape index (κ2) is 17.0. The summed E-state index contributed by atoms with van der Waals surface area (Å²) < 4.78 is 36.5. The summed E-state index contributed by atoms with van der Waals surface area (Å²) in [4.78, 5) is 54.0. The summed E-state index contributed by atoms with van der Waals surface area (Å²) in [7, 11) is 0. The third kappa shape index (κ3) is 9.06. The number of carbonyl (C=O) groups is 4. The van der Waals surface area contributed by atoms with Crippen LogP contribution in [0, 0.1) is 0 Å². The van der Waals surface area contributed by atoms with Crippen LogP contribution in [0.5, 0.6) is 0 Å². The molecule has 1 saturated carbocycles. The molecular weight excluding hydrogens is 656 g/mol. The summed E-state index contributed by atoms with van der Waals surface area (Å²) >= 11 is 0. The lowest BCUT2D eigenvalue weighted by molar-refractivity contribution is -0.316. The van der Waals surface area contributed by atoms with Gasteiger partial charge in [0.15, 0.2) is 24.6 Å². The molecule has 0 unspecified atom stereocenters. The largest absolute Gasteiger partial charge is 0.459 e. The van der Waals surface area contributed by atoms with Crippen molar-refractivity contribution in [3.8, 4) is 0 Å². The highest BCUT2D eigenvalue weighted by atomic mass is 16.7. The smallest absolute Gasteiger partial charge is 0.338 e. The number of rotatable bonds is 11. The van der Waals surface area contributed by atoms with Crippen LogP contribution in [0.2, 0.25) is 0 Å². The van der Waals surface area contributed by atoms with Crippen LogP contribution in [0.15, 0.2) is 121 Å². The summed E-state index contributed by atoms with van der Waals surface area (Å²) in [5, 5.41) is 10.9. The Balaban J connectivity index is 1.40. The molecule has 51 heavy (non-hydrogen) atoms. The molecule has 1 saturated heterocycles. The van der Waals surface area contributed by atoms with E-state index in [1.807, 2.05) is 0 Å². The Kier molecular flexibility index (Phi) is 11.8. The van der Waals surface area contributed by atoms with Gasteiger partial charge in [0.25, 0.3) is 0 Å². The van der Waals surface area contributed by atoms with E-state index in [0.717, 1.165) is 12.8 Å². The Labute approximate surface area is 295 Å². The van der Waals surface area contributed by atoms with Crippen LogP contribution in [0.25, 0.3) is 0 Å². The molecule has 11 nitrogen and oxygen atoms in total. The Bertz CT molecular complexity index is 1750. The predicted octanol–water partition coefficient (Wildman–Crippen LogP) is 5.57. The van der Waals surface area contributed by atoms with E-state index in [1.54, 1.807) is 121 Å². The molecule has 11 heteroatoms. The molecule has 7 atom stereocenters. The Hall–Kier alpha value is -5.36. The van der Waals surface area contributed by atoms with Crippen molar-refractivity contribution in [3.05, 3.63) is 144 Å². The topological polar surface area (TPSA) is 144 Å². The highest BCUT2D eigenvalue weighted by Gasteiger charge is 2.54. The normalized spacial score (nSPS) is 24.5. The molecule has 2 fully saturated rings. The third-order valence-corrected chi connectivity index (χ3v) is 8.71. The molecule has 1 aliphatic carbocycles. The van der Waals surface area contributed by atoms with E-state index in [1.165, 1.54) is 0 Å². The first-order valence-corrected chi connectivity index (χ1v) is 16.9. The number of aliphatic hydroxyl groups is 1. The Morgan fingerprint density at radius 3 is 1.43 bits per heavy atom. The molecule has 0 aromatic heterocycles. The van der Waals surface area contributed by atoms with Gasteiger partial charge < -0.3 is 33.5 Å². The second-order valence-electron chi connectivity index (χ2n) is 12.2. The molecule has 2 aliphatic rings. The first-order chi connectivity index (χ1) is 24.9. The molecule has 4 aromatic carbocycles. The van der Waals surface area contributed by atoms with E-state index in [-0.39, 0.29) is 22.3 Å². The van der Waals surface area contributed by atoms with Crippen LogP contribution in [-0.2, 0) is 28.4 Å². The SMILES string of the molecule is O=C(OC[C@H]1O[C@@H](O[C@@H]2CCCC[C@H]2O)[C@H](OC(=O)c2ccccc2)[C@@H](OC(=O)c2ccccc2)[C@H]1OC(=O)c1ccccc1)c1ccccc1. The maximum atomic E-state index is 13.7. The second-order valence-corrected chi connectivity index (χ2v) is 12.2. The minimum absolute atomic E-state index is 0.178. The molecule has 4 aromatic rings. The monoisotopic (exact) mass is 694 g/mol. The standard InChI is InChI=1S/C40H38O11/c41-30-23-13-14-24-31(30)47-40-35(51-39(45)29-21-11-4-12-22-29)34(50-38(44)28-19-9-3-10-20-28)33(49-37(43)27-17-7-2-8-18-27)32(48-40)25-46-36(42)26-15-5-1-6-16-26/h1-12,15-22,30-35,40-41H,13-14,23-25H2/t30-,31-,32-,33+,34+,35-,40-/m1/s1. The van der Waals surface area contributed by atoms with Gasteiger partial charge in [0.05, 0.1) is 34.5 Å². The summed E-state index contributed by atoms with van der Waals surface area (Å²) in [5.74, 6) is -3.06. The zero-order valence-corrected chi connectivity index (χ0v) is 27.7. The van der Waals surface area contributed by atoms with Gasteiger partial charge in [-0.1, -0.05) is 85.6 Å². The number of benzene rings is 4. The molecule has 1 N–H and O–H groups in total. The highest BCUT2D eigenvalue weighted by molar-refractivity contribution is 5.91. The lowest BCUT2D eigenvalue weighted by Crippen LogP contribution is -2.64. The maximum Gasteiger partial charge on any atom is 0.338 e. The van der Waals surface area contributed by atoms with Crippen molar-refractivity contribution in [1.82, 2.24) is 0 Å². The summed E-state index contributed by atoms with van der Waals surface area (Å²) in [5.41, 5.74) is 0.828. The van der Waals surface area contributed by atoms with Crippen molar-refractivity contribution in [2.24, 2.45) is 0 Å². The quantitative estimate of drug-likeness (QED) is 0.156. The number of hydrogen-bond acceptors (Lipinski definition) is 11. The highest BCUT2D eigenvalue weighted by Crippen LogP contribution is 2.34. The first kappa shape index (κ1) is 35.5. The van der Waals surface area contributed by atoms with E-state index in [2.05, 4.69) is 0 Å². The van der Waals surface area contributed by atoms with E-state index >= 15 is 0 Å². The number of esters is 4. The van der Waals surface area contributed by atoms with Crippen molar-refractivity contribution in [1.29, 1.82) is 0 Å². The molecule has 0 amide bonds. The van der Waals surface area contributed by atoms with Gasteiger partial charge in [-0.25, -0.2) is 19.2 Å². The lowest BCUT2D eigenvalue weighted by Gasteiger charge is -2.45. The molecule has 1 heterocycles. The van der Waals surface area contributed by atoms with Gasteiger partial charge in [0.1, 0.15) is 12.7 Å². The van der Waals surface area contributed by atoms with Crippen LogP contribution < -0.4 is 0 Å². The van der Waals surface area contributed by atoms with Gasteiger partial charge in [0.2, 0.25) is 0 Å². The fourth-order valence-electron chi connectivity index (χ4n) is 6.05. The Morgan fingerprint density at radius 2 is 0.961 bits per heavy atom. The predicted molar refractivity (Wildman–Crippen MR) is 182 cm³/mol. The average Bonchev–Trinajstić information content (AvgIpc) is 3.18. The maximum absolute atomic E-state index is 13.7. The minimum atomic E-state index is -1.53. The zero-order chi connectivity index (χ0) is 35.6. The molecule has 1 aliphatic heterocycles. The van der Waals surface area contributed by atoms with Crippen molar-refractivity contribution in [2.45, 2.75) is 68.6 Å². The lowest BCUT2D eigenvalue weighted by atomic mass is 9.94. The fraction of sp³-hybridized carbons (Fsp3) is 0.300. The molecular formula is C40H38O11. The van der Waals surface area contributed by atoms with Crippen molar-refractivity contribution in [2.75, 3.05) is 6.61 Å². The van der Waals surface area contributed by atoms with Crippen molar-refractivity contribution < 1.29 is 52.7 Å². The number of ether oxygens (including phenoxy) is 6. The molecule has 0 bridgehead atoms. The van der Waals surface area contributed by atoms with Gasteiger partial charge in [-0.3, -0.25) is 0 Å². The summed E-state index contributed by atoms with van der Waals surface area (Å²) in [6, 6.07) is 32.7. The first-order valence-electron chi connectivity index (χ1n) is 16.9. The van der Waals surface area contributed by atoms with Gasteiger partial charge in [-0.05, 0) is 61.4 Å². The van der Waals surface area contributed by atoms with Crippen molar-refractivity contribution in [3.63, 3.8) is 0 Å². The van der Waals surface area contributed by atoms with Crippen LogP contribution in [0.3, 0.4) is 0 Å². The van der Waals surface area contributed by atoms with E-state index in [9.17, 15) is 24.3 Å². The van der Waals surface area contributed by atoms with E-state index in [0.29, 0.717) is 12.8 Å². The summed E-state index contributed by atoms with van der Waals surface area (Å²) in [6.07, 6.45) is -6.28. The van der Waals surface area contributed by atoms with Gasteiger partial charge in [0, 0.05) is 0 Å². The Morgan fingerprint density at radius 1 is 0.549 bits per heavy atom.